The Morgan fingerprint density at radius 2 is 1.80 bits per heavy atom. The number of rotatable bonds is 1. The van der Waals surface area contributed by atoms with Crippen LogP contribution in [0.3, 0.4) is 0 Å². The van der Waals surface area contributed by atoms with Gasteiger partial charge in [0.2, 0.25) is 0 Å². The summed E-state index contributed by atoms with van der Waals surface area (Å²) in [6, 6.07) is 13.5. The van der Waals surface area contributed by atoms with Gasteiger partial charge in [0.1, 0.15) is 5.75 Å². The Hall–Kier alpha value is -2.62. The summed E-state index contributed by atoms with van der Waals surface area (Å²) in [4.78, 5) is 17.6. The number of fused-ring (bicyclic) bond motifs is 3. The maximum absolute atomic E-state index is 11.8. The topological polar surface area (TPSA) is 42.4 Å². The van der Waals surface area contributed by atoms with Crippen LogP contribution >= 0.6 is 0 Å². The van der Waals surface area contributed by atoms with E-state index in [1.165, 1.54) is 4.90 Å². The molecule has 1 heterocycles. The summed E-state index contributed by atoms with van der Waals surface area (Å²) in [7, 11) is 3.31. The van der Waals surface area contributed by atoms with E-state index in [0.29, 0.717) is 5.75 Å². The summed E-state index contributed by atoms with van der Waals surface area (Å²) >= 11 is 0. The van der Waals surface area contributed by atoms with E-state index in [1.807, 2.05) is 36.4 Å². The second-order valence-electron chi connectivity index (χ2n) is 4.76. The van der Waals surface area contributed by atoms with Gasteiger partial charge in [-0.05, 0) is 17.5 Å². The van der Waals surface area contributed by atoms with Gasteiger partial charge in [-0.1, -0.05) is 30.3 Å². The lowest BCUT2D eigenvalue weighted by atomic mass is 10.1. The van der Waals surface area contributed by atoms with Gasteiger partial charge >= 0.3 is 6.09 Å². The van der Waals surface area contributed by atoms with Crippen LogP contribution in [-0.2, 0) is 0 Å². The first-order chi connectivity index (χ1) is 9.66. The monoisotopic (exact) mass is 266 g/mol. The molecular formula is C16H14N2O2. The van der Waals surface area contributed by atoms with E-state index < -0.39 is 6.09 Å². The summed E-state index contributed by atoms with van der Waals surface area (Å²) in [5.41, 5.74) is 0.840. The molecule has 20 heavy (non-hydrogen) atoms. The number of ether oxygens (including phenoxy) is 1. The molecule has 0 spiro atoms. The fourth-order valence-corrected chi connectivity index (χ4v) is 2.15. The zero-order chi connectivity index (χ0) is 14.1. The minimum atomic E-state index is -0.398. The van der Waals surface area contributed by atoms with Crippen molar-refractivity contribution in [2.24, 2.45) is 0 Å². The molecule has 0 aliphatic rings. The molecule has 0 aliphatic carbocycles. The molecule has 1 aromatic heterocycles. The lowest BCUT2D eigenvalue weighted by Gasteiger charge is -2.13. The summed E-state index contributed by atoms with van der Waals surface area (Å²) in [5, 5.41) is 2.88. The number of hydrogen-bond acceptors (Lipinski definition) is 3. The van der Waals surface area contributed by atoms with E-state index in [9.17, 15) is 4.79 Å². The van der Waals surface area contributed by atoms with Crippen LogP contribution in [-0.4, -0.2) is 30.1 Å². The Kier molecular flexibility index (Phi) is 2.99. The van der Waals surface area contributed by atoms with Crippen molar-refractivity contribution in [1.82, 2.24) is 9.88 Å². The van der Waals surface area contributed by atoms with Gasteiger partial charge in [0.25, 0.3) is 0 Å². The third-order valence-electron chi connectivity index (χ3n) is 3.14. The van der Waals surface area contributed by atoms with Crippen molar-refractivity contribution in [3.8, 4) is 5.75 Å². The predicted molar refractivity (Wildman–Crippen MR) is 79.0 cm³/mol. The van der Waals surface area contributed by atoms with Gasteiger partial charge in [0.05, 0.1) is 10.9 Å². The summed E-state index contributed by atoms with van der Waals surface area (Å²) < 4.78 is 5.44. The van der Waals surface area contributed by atoms with Crippen LogP contribution in [0, 0.1) is 0 Å². The molecule has 0 fully saturated rings. The Bertz CT molecular complexity index is 797. The van der Waals surface area contributed by atoms with Crippen molar-refractivity contribution in [2.45, 2.75) is 0 Å². The van der Waals surface area contributed by atoms with Crippen molar-refractivity contribution in [3.05, 3.63) is 48.7 Å². The highest BCUT2D eigenvalue weighted by molar-refractivity contribution is 6.08. The number of aromatic nitrogens is 1. The number of amides is 1. The van der Waals surface area contributed by atoms with Crippen molar-refractivity contribution in [3.63, 3.8) is 0 Å². The summed E-state index contributed by atoms with van der Waals surface area (Å²) in [6.45, 7) is 0. The van der Waals surface area contributed by atoms with Crippen molar-refractivity contribution >= 4 is 27.8 Å². The Balaban J connectivity index is 2.26. The smallest absolute Gasteiger partial charge is 0.409 e. The predicted octanol–water partition coefficient (Wildman–Crippen LogP) is 3.45. The fraction of sp³-hybridized carbons (Fsp3) is 0.125. The Morgan fingerprint density at radius 1 is 1.05 bits per heavy atom. The van der Waals surface area contributed by atoms with E-state index in [-0.39, 0.29) is 0 Å². The van der Waals surface area contributed by atoms with E-state index in [2.05, 4.69) is 4.98 Å². The zero-order valence-electron chi connectivity index (χ0n) is 11.3. The zero-order valence-corrected chi connectivity index (χ0v) is 11.3. The molecular weight excluding hydrogens is 252 g/mol. The van der Waals surface area contributed by atoms with Gasteiger partial charge in [-0.25, -0.2) is 4.79 Å². The molecule has 0 N–H and O–H groups in total. The maximum Gasteiger partial charge on any atom is 0.414 e. The Labute approximate surface area is 116 Å². The standard InChI is InChI=1S/C16H14N2O2/c1-18(2)16(19)20-13-7-3-5-11-8-9-12-6-4-10-17-15(12)14(11)13/h3-10H,1-2H3. The third-order valence-corrected chi connectivity index (χ3v) is 3.14. The van der Waals surface area contributed by atoms with Crippen LogP contribution in [0.15, 0.2) is 48.7 Å². The number of carbonyl (C=O) groups excluding carboxylic acids is 1. The summed E-state index contributed by atoms with van der Waals surface area (Å²) in [5.74, 6) is 0.533. The van der Waals surface area contributed by atoms with Gasteiger partial charge in [-0.15, -0.1) is 0 Å². The van der Waals surface area contributed by atoms with Crippen molar-refractivity contribution < 1.29 is 9.53 Å². The van der Waals surface area contributed by atoms with Gasteiger partial charge in [-0.2, -0.15) is 0 Å². The number of nitrogens with zero attached hydrogens (tertiary/aromatic N) is 2. The average Bonchev–Trinajstić information content (AvgIpc) is 2.47. The third kappa shape index (κ3) is 2.05. The first-order valence-electron chi connectivity index (χ1n) is 6.32. The molecule has 1 amide bonds. The van der Waals surface area contributed by atoms with E-state index >= 15 is 0 Å². The summed E-state index contributed by atoms with van der Waals surface area (Å²) in [6.07, 6.45) is 1.34. The number of carbonyl (C=O) groups is 1. The molecule has 100 valence electrons. The van der Waals surface area contributed by atoms with Crippen molar-refractivity contribution in [2.75, 3.05) is 14.1 Å². The quantitative estimate of drug-likeness (QED) is 0.633. The molecule has 3 rings (SSSR count). The number of benzene rings is 2. The highest BCUT2D eigenvalue weighted by Crippen LogP contribution is 2.31. The lowest BCUT2D eigenvalue weighted by Crippen LogP contribution is -2.25. The van der Waals surface area contributed by atoms with Crippen LogP contribution in [0.1, 0.15) is 0 Å². The lowest BCUT2D eigenvalue weighted by molar-refractivity contribution is 0.172. The molecule has 4 nitrogen and oxygen atoms in total. The second kappa shape index (κ2) is 4.81. The molecule has 0 saturated heterocycles. The first-order valence-corrected chi connectivity index (χ1v) is 6.32. The van der Waals surface area contributed by atoms with Crippen LogP contribution in [0.5, 0.6) is 5.75 Å². The molecule has 4 heteroatoms. The van der Waals surface area contributed by atoms with Crippen LogP contribution in [0.25, 0.3) is 21.7 Å². The van der Waals surface area contributed by atoms with E-state index in [0.717, 1.165) is 21.7 Å². The van der Waals surface area contributed by atoms with Gasteiger partial charge in [0.15, 0.2) is 0 Å². The molecule has 0 atom stereocenters. The highest BCUT2D eigenvalue weighted by atomic mass is 16.6. The Morgan fingerprint density at radius 3 is 2.60 bits per heavy atom. The minimum Gasteiger partial charge on any atom is -0.409 e. The normalized spacial score (nSPS) is 10.7. The molecule has 0 aliphatic heterocycles. The van der Waals surface area contributed by atoms with Crippen LogP contribution in [0.4, 0.5) is 4.79 Å². The molecule has 0 bridgehead atoms. The highest BCUT2D eigenvalue weighted by Gasteiger charge is 2.12. The number of pyridine rings is 1. The van der Waals surface area contributed by atoms with Crippen LogP contribution < -0.4 is 4.74 Å². The minimum absolute atomic E-state index is 0.398. The second-order valence-corrected chi connectivity index (χ2v) is 4.76. The SMILES string of the molecule is CN(C)C(=O)Oc1cccc2ccc3cccnc3c12. The molecule has 0 saturated carbocycles. The largest absolute Gasteiger partial charge is 0.414 e. The van der Waals surface area contributed by atoms with Gasteiger partial charge < -0.3 is 9.64 Å². The maximum atomic E-state index is 11.8. The molecule has 3 aromatic rings. The molecule has 0 radical (unpaired) electrons. The van der Waals surface area contributed by atoms with Crippen molar-refractivity contribution in [1.29, 1.82) is 0 Å². The fourth-order valence-electron chi connectivity index (χ4n) is 2.15. The molecule has 2 aromatic carbocycles. The van der Waals surface area contributed by atoms with Crippen LogP contribution in [0.2, 0.25) is 0 Å². The number of hydrogen-bond donors (Lipinski definition) is 0. The van der Waals surface area contributed by atoms with Gasteiger partial charge in [-0.3, -0.25) is 4.98 Å². The first kappa shape index (κ1) is 12.4. The average molecular weight is 266 g/mol. The van der Waals surface area contributed by atoms with E-state index in [1.54, 1.807) is 26.4 Å². The van der Waals surface area contributed by atoms with Gasteiger partial charge in [0, 0.05) is 25.7 Å². The molecule has 0 unspecified atom stereocenters. The van der Waals surface area contributed by atoms with E-state index in [4.69, 9.17) is 4.74 Å².